The minimum absolute atomic E-state index is 0.149. The maximum absolute atomic E-state index is 13.6. The Kier molecular flexibility index (Phi) is 4.00. The number of hydrogen-bond acceptors (Lipinski definition) is 2. The average Bonchev–Trinajstić information content (AvgIpc) is 2.29. The molecule has 0 saturated carbocycles. The van der Waals surface area contributed by atoms with E-state index in [1.165, 1.54) is 19.3 Å². The van der Waals surface area contributed by atoms with Crippen LogP contribution < -0.4 is 10.6 Å². The van der Waals surface area contributed by atoms with Crippen LogP contribution in [0.5, 0.6) is 0 Å². The fourth-order valence-corrected chi connectivity index (χ4v) is 2.59. The minimum atomic E-state index is -0.149. The van der Waals surface area contributed by atoms with Crippen molar-refractivity contribution in [1.29, 1.82) is 0 Å². The van der Waals surface area contributed by atoms with Crippen molar-refractivity contribution >= 4 is 5.69 Å². The molecule has 0 radical (unpaired) electrons. The van der Waals surface area contributed by atoms with Crippen LogP contribution in [0.2, 0.25) is 0 Å². The Morgan fingerprint density at radius 2 is 2.18 bits per heavy atom. The highest BCUT2D eigenvalue weighted by Crippen LogP contribution is 2.26. The molecule has 2 N–H and O–H groups in total. The van der Waals surface area contributed by atoms with Gasteiger partial charge < -0.3 is 10.6 Å². The molecule has 17 heavy (non-hydrogen) atoms. The van der Waals surface area contributed by atoms with Crippen molar-refractivity contribution in [2.75, 3.05) is 18.0 Å². The van der Waals surface area contributed by atoms with E-state index in [0.29, 0.717) is 12.6 Å². The summed E-state index contributed by atoms with van der Waals surface area (Å²) in [5.41, 5.74) is 7.55. The number of anilines is 1. The van der Waals surface area contributed by atoms with Crippen LogP contribution in [0.15, 0.2) is 18.2 Å². The molecular formula is C14H21FN2. The Labute approximate surface area is 103 Å². The summed E-state index contributed by atoms with van der Waals surface area (Å²) in [6.07, 6.45) is 4.42. The molecule has 1 aliphatic rings. The van der Waals surface area contributed by atoms with Gasteiger partial charge in [0.2, 0.25) is 0 Å². The number of piperidine rings is 1. The molecule has 1 saturated heterocycles. The monoisotopic (exact) mass is 236 g/mol. The van der Waals surface area contributed by atoms with E-state index in [9.17, 15) is 4.39 Å². The molecule has 2 rings (SSSR count). The zero-order valence-electron chi connectivity index (χ0n) is 10.5. The smallest absolute Gasteiger partial charge is 0.125 e. The summed E-state index contributed by atoms with van der Waals surface area (Å²) in [4.78, 5) is 2.31. The maximum atomic E-state index is 13.6. The Morgan fingerprint density at radius 1 is 1.35 bits per heavy atom. The van der Waals surface area contributed by atoms with E-state index in [0.717, 1.165) is 24.2 Å². The minimum Gasteiger partial charge on any atom is -0.369 e. The lowest BCUT2D eigenvalue weighted by molar-refractivity contribution is 0.483. The predicted octanol–water partition coefficient (Wildman–Crippen LogP) is 2.71. The summed E-state index contributed by atoms with van der Waals surface area (Å²) in [5, 5.41) is 0. The molecule has 0 amide bonds. The van der Waals surface area contributed by atoms with Crippen LogP contribution in [0.4, 0.5) is 10.1 Å². The topological polar surface area (TPSA) is 29.3 Å². The van der Waals surface area contributed by atoms with Crippen molar-refractivity contribution in [1.82, 2.24) is 0 Å². The summed E-state index contributed by atoms with van der Waals surface area (Å²) in [5.74, 6) is -0.149. The number of nitrogens with two attached hydrogens (primary N) is 1. The van der Waals surface area contributed by atoms with E-state index < -0.39 is 0 Å². The molecule has 0 spiro atoms. The van der Waals surface area contributed by atoms with Crippen LogP contribution in [0.1, 0.15) is 31.7 Å². The summed E-state index contributed by atoms with van der Waals surface area (Å²) >= 11 is 0. The predicted molar refractivity (Wildman–Crippen MR) is 69.8 cm³/mol. The molecule has 0 aliphatic carbocycles. The number of benzene rings is 1. The van der Waals surface area contributed by atoms with Gasteiger partial charge in [0, 0.05) is 18.3 Å². The zero-order valence-corrected chi connectivity index (χ0v) is 10.5. The van der Waals surface area contributed by atoms with Crippen LogP contribution in [0.25, 0.3) is 0 Å². The third kappa shape index (κ3) is 2.97. The molecule has 1 heterocycles. The van der Waals surface area contributed by atoms with Crippen molar-refractivity contribution < 1.29 is 4.39 Å². The molecule has 1 atom stereocenters. The van der Waals surface area contributed by atoms with Crippen molar-refractivity contribution in [3.63, 3.8) is 0 Å². The van der Waals surface area contributed by atoms with Crippen LogP contribution >= 0.6 is 0 Å². The van der Waals surface area contributed by atoms with Crippen LogP contribution in [0.3, 0.4) is 0 Å². The first-order chi connectivity index (χ1) is 8.20. The van der Waals surface area contributed by atoms with Gasteiger partial charge in [-0.2, -0.15) is 0 Å². The second-order valence-corrected chi connectivity index (χ2v) is 4.89. The van der Waals surface area contributed by atoms with Gasteiger partial charge in [-0.05, 0) is 62.9 Å². The quantitative estimate of drug-likeness (QED) is 0.874. The molecule has 1 aliphatic heterocycles. The standard InChI is InChI=1S/C14H21FN2/c1-11-4-2-3-7-17(11)14-9-12(5-6-16)8-13(15)10-14/h8-11H,2-7,16H2,1H3. The van der Waals surface area contributed by atoms with Gasteiger partial charge in [0.25, 0.3) is 0 Å². The van der Waals surface area contributed by atoms with Gasteiger partial charge in [-0.3, -0.25) is 0 Å². The van der Waals surface area contributed by atoms with Gasteiger partial charge in [-0.15, -0.1) is 0 Å². The normalized spacial score (nSPS) is 20.6. The van der Waals surface area contributed by atoms with Gasteiger partial charge in [0.05, 0.1) is 0 Å². The molecule has 0 bridgehead atoms. The largest absolute Gasteiger partial charge is 0.369 e. The van der Waals surface area contributed by atoms with Crippen molar-refractivity contribution in [2.45, 2.75) is 38.6 Å². The first kappa shape index (κ1) is 12.4. The SMILES string of the molecule is CC1CCCCN1c1cc(F)cc(CCN)c1. The lowest BCUT2D eigenvalue weighted by atomic mass is 10.0. The van der Waals surface area contributed by atoms with Gasteiger partial charge in [-0.1, -0.05) is 0 Å². The molecule has 1 aromatic rings. The fourth-order valence-electron chi connectivity index (χ4n) is 2.59. The molecule has 0 aromatic heterocycles. The second-order valence-electron chi connectivity index (χ2n) is 4.89. The van der Waals surface area contributed by atoms with Gasteiger partial charge >= 0.3 is 0 Å². The maximum Gasteiger partial charge on any atom is 0.125 e. The van der Waals surface area contributed by atoms with E-state index in [1.54, 1.807) is 12.1 Å². The van der Waals surface area contributed by atoms with Crippen LogP contribution in [-0.2, 0) is 6.42 Å². The number of rotatable bonds is 3. The molecule has 1 fully saturated rings. The van der Waals surface area contributed by atoms with E-state index >= 15 is 0 Å². The number of nitrogens with zero attached hydrogens (tertiary/aromatic N) is 1. The highest BCUT2D eigenvalue weighted by molar-refractivity contribution is 5.50. The van der Waals surface area contributed by atoms with Crippen molar-refractivity contribution in [3.05, 3.63) is 29.6 Å². The molecule has 94 valence electrons. The summed E-state index contributed by atoms with van der Waals surface area (Å²) in [7, 11) is 0. The lowest BCUT2D eigenvalue weighted by Crippen LogP contribution is -2.37. The molecule has 2 nitrogen and oxygen atoms in total. The van der Waals surface area contributed by atoms with E-state index in [1.807, 2.05) is 0 Å². The number of halogens is 1. The molecule has 3 heteroatoms. The van der Waals surface area contributed by atoms with Crippen LogP contribution in [0, 0.1) is 5.82 Å². The third-order valence-corrected chi connectivity index (χ3v) is 3.51. The van der Waals surface area contributed by atoms with E-state index in [2.05, 4.69) is 17.9 Å². The van der Waals surface area contributed by atoms with Gasteiger partial charge in [0.1, 0.15) is 5.82 Å². The van der Waals surface area contributed by atoms with Gasteiger partial charge in [0.15, 0.2) is 0 Å². The Hall–Kier alpha value is -1.09. The summed E-state index contributed by atoms with van der Waals surface area (Å²) < 4.78 is 13.6. The van der Waals surface area contributed by atoms with Gasteiger partial charge in [-0.25, -0.2) is 4.39 Å². The van der Waals surface area contributed by atoms with Crippen molar-refractivity contribution in [3.8, 4) is 0 Å². The highest BCUT2D eigenvalue weighted by Gasteiger charge is 2.19. The second kappa shape index (κ2) is 5.50. The summed E-state index contributed by atoms with van der Waals surface area (Å²) in [6, 6.07) is 5.82. The first-order valence-corrected chi connectivity index (χ1v) is 6.47. The molecular weight excluding hydrogens is 215 g/mol. The third-order valence-electron chi connectivity index (χ3n) is 3.51. The van der Waals surface area contributed by atoms with Crippen molar-refractivity contribution in [2.24, 2.45) is 5.73 Å². The Balaban J connectivity index is 2.24. The van der Waals surface area contributed by atoms with E-state index in [-0.39, 0.29) is 5.82 Å². The Morgan fingerprint density at radius 3 is 2.88 bits per heavy atom. The fraction of sp³-hybridized carbons (Fsp3) is 0.571. The zero-order chi connectivity index (χ0) is 12.3. The highest BCUT2D eigenvalue weighted by atomic mass is 19.1. The molecule has 1 aromatic carbocycles. The average molecular weight is 236 g/mol. The lowest BCUT2D eigenvalue weighted by Gasteiger charge is -2.35. The Bertz CT molecular complexity index is 378. The summed E-state index contributed by atoms with van der Waals surface area (Å²) in [6.45, 7) is 3.82. The first-order valence-electron chi connectivity index (χ1n) is 6.47. The molecule has 1 unspecified atom stereocenters. The number of hydrogen-bond donors (Lipinski definition) is 1. The van der Waals surface area contributed by atoms with E-state index in [4.69, 9.17) is 5.73 Å². The van der Waals surface area contributed by atoms with Crippen LogP contribution in [-0.4, -0.2) is 19.1 Å².